The van der Waals surface area contributed by atoms with Crippen LogP contribution in [0.15, 0.2) is 17.4 Å². The molecule has 0 bridgehead atoms. The lowest BCUT2D eigenvalue weighted by molar-refractivity contribution is 0.0242. The first kappa shape index (κ1) is 12.7. The Kier molecular flexibility index (Phi) is 4.52. The second-order valence-electron chi connectivity index (χ2n) is 3.30. The molecule has 0 fully saturated rings. The van der Waals surface area contributed by atoms with Gasteiger partial charge in [-0.1, -0.05) is 16.7 Å². The van der Waals surface area contributed by atoms with Gasteiger partial charge in [-0.2, -0.15) is 0 Å². The maximum absolute atomic E-state index is 9.71. The van der Waals surface area contributed by atoms with E-state index >= 15 is 0 Å². The van der Waals surface area contributed by atoms with E-state index in [0.717, 1.165) is 0 Å². The zero-order valence-corrected chi connectivity index (χ0v) is 9.33. The van der Waals surface area contributed by atoms with Crippen LogP contribution >= 0.6 is 11.6 Å². The molecule has 1 aromatic heterocycles. The number of azide groups is 1. The van der Waals surface area contributed by atoms with Crippen LogP contribution in [0.5, 0.6) is 0 Å². The van der Waals surface area contributed by atoms with Gasteiger partial charge in [0.2, 0.25) is 0 Å². The summed E-state index contributed by atoms with van der Waals surface area (Å²) in [5, 5.41) is 22.7. The molecule has 2 atom stereocenters. The largest absolute Gasteiger partial charge is 0.390 e. The summed E-state index contributed by atoms with van der Waals surface area (Å²) in [4.78, 5) is 6.35. The average Bonchev–Trinajstić information content (AvgIpc) is 2.28. The van der Waals surface area contributed by atoms with Gasteiger partial charge in [0.05, 0.1) is 12.6 Å². The number of nitrogens with zero attached hydrogens (tertiary/aromatic N) is 4. The molecular weight excluding hydrogens is 232 g/mol. The van der Waals surface area contributed by atoms with Gasteiger partial charge in [-0.05, 0) is 24.1 Å². The zero-order chi connectivity index (χ0) is 12.1. The third kappa shape index (κ3) is 3.08. The Morgan fingerprint density at radius 2 is 2.31 bits per heavy atom. The standard InChI is InChI=1S/C9H11ClN4O2/c1-5-2-6(3-12-9(5)10)8(16)7(15)4-13-14-11/h2-3,7-8,15-16H,4H2,1H3. The molecule has 0 aromatic carbocycles. The normalized spacial score (nSPS) is 14.0. The summed E-state index contributed by atoms with van der Waals surface area (Å²) < 4.78 is 0. The molecule has 0 saturated heterocycles. The number of hydrogen-bond donors (Lipinski definition) is 2. The molecule has 7 heteroatoms. The van der Waals surface area contributed by atoms with E-state index in [9.17, 15) is 10.2 Å². The van der Waals surface area contributed by atoms with Gasteiger partial charge >= 0.3 is 0 Å². The first-order valence-electron chi connectivity index (χ1n) is 4.55. The maximum atomic E-state index is 9.71. The topological polar surface area (TPSA) is 102 Å². The molecule has 0 aliphatic carbocycles. The lowest BCUT2D eigenvalue weighted by atomic mass is 10.1. The Labute approximate surface area is 97.1 Å². The highest BCUT2D eigenvalue weighted by Crippen LogP contribution is 2.20. The lowest BCUT2D eigenvalue weighted by Gasteiger charge is -2.16. The minimum Gasteiger partial charge on any atom is -0.390 e. The van der Waals surface area contributed by atoms with Gasteiger partial charge in [0.15, 0.2) is 0 Å². The second kappa shape index (κ2) is 5.67. The monoisotopic (exact) mass is 242 g/mol. The molecule has 0 amide bonds. The number of aromatic nitrogens is 1. The highest BCUT2D eigenvalue weighted by Gasteiger charge is 2.18. The van der Waals surface area contributed by atoms with E-state index in [1.165, 1.54) is 6.20 Å². The first-order valence-corrected chi connectivity index (χ1v) is 4.93. The molecule has 16 heavy (non-hydrogen) atoms. The van der Waals surface area contributed by atoms with Gasteiger partial charge < -0.3 is 10.2 Å². The van der Waals surface area contributed by atoms with Crippen LogP contribution in [-0.4, -0.2) is 27.8 Å². The molecule has 0 radical (unpaired) electrons. The molecule has 6 nitrogen and oxygen atoms in total. The third-order valence-electron chi connectivity index (χ3n) is 2.07. The van der Waals surface area contributed by atoms with Crippen molar-refractivity contribution in [3.63, 3.8) is 0 Å². The molecule has 0 aliphatic rings. The smallest absolute Gasteiger partial charge is 0.131 e. The Morgan fingerprint density at radius 3 is 2.88 bits per heavy atom. The van der Waals surface area contributed by atoms with Gasteiger partial charge in [-0.25, -0.2) is 4.98 Å². The summed E-state index contributed by atoms with van der Waals surface area (Å²) in [5.74, 6) is 0. The highest BCUT2D eigenvalue weighted by molar-refractivity contribution is 6.30. The number of pyridine rings is 1. The summed E-state index contributed by atoms with van der Waals surface area (Å²) in [6.07, 6.45) is -0.925. The Morgan fingerprint density at radius 1 is 1.62 bits per heavy atom. The third-order valence-corrected chi connectivity index (χ3v) is 2.47. The number of aryl methyl sites for hydroxylation is 1. The van der Waals surface area contributed by atoms with Crippen molar-refractivity contribution >= 4 is 11.6 Å². The summed E-state index contributed by atoms with van der Waals surface area (Å²) in [7, 11) is 0. The molecule has 1 heterocycles. The van der Waals surface area contributed by atoms with Crippen LogP contribution in [0, 0.1) is 6.92 Å². The van der Waals surface area contributed by atoms with Gasteiger partial charge in [-0.3, -0.25) is 0 Å². The van der Waals surface area contributed by atoms with Gasteiger partial charge in [0.1, 0.15) is 11.3 Å². The summed E-state index contributed by atoms with van der Waals surface area (Å²) in [6, 6.07) is 1.62. The van der Waals surface area contributed by atoms with Crippen molar-refractivity contribution in [2.24, 2.45) is 5.11 Å². The van der Waals surface area contributed by atoms with Crippen molar-refractivity contribution in [1.29, 1.82) is 0 Å². The van der Waals surface area contributed by atoms with Crippen LogP contribution in [0.2, 0.25) is 5.15 Å². The molecule has 1 aromatic rings. The molecular formula is C9H11ClN4O2. The first-order chi connectivity index (χ1) is 7.56. The van der Waals surface area contributed by atoms with Crippen LogP contribution < -0.4 is 0 Å². The number of aliphatic hydroxyl groups excluding tert-OH is 2. The maximum Gasteiger partial charge on any atom is 0.131 e. The fraction of sp³-hybridized carbons (Fsp3) is 0.444. The Hall–Kier alpha value is -1.33. The van der Waals surface area contributed by atoms with Crippen molar-refractivity contribution in [1.82, 2.24) is 4.98 Å². The number of rotatable bonds is 4. The van der Waals surface area contributed by atoms with E-state index < -0.39 is 12.2 Å². The van der Waals surface area contributed by atoms with Crippen LogP contribution in [0.25, 0.3) is 10.4 Å². The predicted octanol–water partition coefficient (Wildman–Crippen LogP) is 1.75. The van der Waals surface area contributed by atoms with E-state index in [1.54, 1.807) is 13.0 Å². The molecule has 2 N–H and O–H groups in total. The fourth-order valence-electron chi connectivity index (χ4n) is 1.18. The predicted molar refractivity (Wildman–Crippen MR) is 59.0 cm³/mol. The minimum atomic E-state index is -1.15. The van der Waals surface area contributed by atoms with Crippen molar-refractivity contribution < 1.29 is 10.2 Å². The quantitative estimate of drug-likeness (QED) is 0.364. The number of halogens is 1. The molecule has 0 saturated carbocycles. The summed E-state index contributed by atoms with van der Waals surface area (Å²) in [5.41, 5.74) is 9.22. The van der Waals surface area contributed by atoms with Crippen LogP contribution in [0.3, 0.4) is 0 Å². The second-order valence-corrected chi connectivity index (χ2v) is 3.66. The number of hydrogen-bond acceptors (Lipinski definition) is 4. The minimum absolute atomic E-state index is 0.195. The van der Waals surface area contributed by atoms with Gasteiger partial charge in [0, 0.05) is 16.7 Å². The van der Waals surface area contributed by atoms with E-state index in [-0.39, 0.29) is 6.54 Å². The Bertz CT molecular complexity index is 420. The van der Waals surface area contributed by atoms with E-state index in [0.29, 0.717) is 16.3 Å². The lowest BCUT2D eigenvalue weighted by Crippen LogP contribution is -2.21. The van der Waals surface area contributed by atoms with E-state index in [1.807, 2.05) is 0 Å². The Balaban J connectivity index is 2.82. The van der Waals surface area contributed by atoms with Crippen molar-refractivity contribution in [2.45, 2.75) is 19.1 Å². The highest BCUT2D eigenvalue weighted by atomic mass is 35.5. The average molecular weight is 243 g/mol. The fourth-order valence-corrected chi connectivity index (χ4v) is 1.29. The van der Waals surface area contributed by atoms with Crippen LogP contribution in [0.1, 0.15) is 17.2 Å². The number of aliphatic hydroxyl groups is 2. The van der Waals surface area contributed by atoms with Crippen LogP contribution in [0.4, 0.5) is 0 Å². The molecule has 0 aliphatic heterocycles. The molecule has 1 rings (SSSR count). The SMILES string of the molecule is Cc1cc(C(O)C(O)CN=[N+]=[N-])cnc1Cl. The van der Waals surface area contributed by atoms with E-state index in [2.05, 4.69) is 15.0 Å². The molecule has 86 valence electrons. The van der Waals surface area contributed by atoms with Crippen molar-refractivity contribution in [3.05, 3.63) is 39.0 Å². The van der Waals surface area contributed by atoms with Gasteiger partial charge in [0.25, 0.3) is 0 Å². The molecule has 2 unspecified atom stereocenters. The van der Waals surface area contributed by atoms with Crippen molar-refractivity contribution in [2.75, 3.05) is 6.54 Å². The summed E-state index contributed by atoms with van der Waals surface area (Å²) in [6.45, 7) is 1.55. The zero-order valence-electron chi connectivity index (χ0n) is 8.58. The van der Waals surface area contributed by atoms with Crippen LogP contribution in [-0.2, 0) is 0 Å². The van der Waals surface area contributed by atoms with Gasteiger partial charge in [-0.15, -0.1) is 0 Å². The van der Waals surface area contributed by atoms with E-state index in [4.69, 9.17) is 17.1 Å². The van der Waals surface area contributed by atoms with Crippen molar-refractivity contribution in [3.8, 4) is 0 Å². The molecule has 0 spiro atoms. The summed E-state index contributed by atoms with van der Waals surface area (Å²) >= 11 is 5.73.